The zero-order valence-electron chi connectivity index (χ0n) is 9.76. The van der Waals surface area contributed by atoms with Crippen molar-refractivity contribution < 1.29 is 9.84 Å². The fraction of sp³-hybridized carbons (Fsp3) is 0.154. The van der Waals surface area contributed by atoms with Gasteiger partial charge in [-0.05, 0) is 24.5 Å². The molecule has 0 bridgehead atoms. The second-order valence-corrected chi connectivity index (χ2v) is 4.74. The number of ether oxygens (including phenoxy) is 1. The molecule has 1 aromatic heterocycles. The van der Waals surface area contributed by atoms with E-state index in [9.17, 15) is 0 Å². The molecular weight excluding hydrogens is 270 g/mol. The van der Waals surface area contributed by atoms with Crippen molar-refractivity contribution in [3.8, 4) is 11.6 Å². The smallest absolute Gasteiger partial charge is 0.219 e. The van der Waals surface area contributed by atoms with Crippen LogP contribution in [0.2, 0.25) is 5.02 Å². The third kappa shape index (κ3) is 2.96. The lowest BCUT2D eigenvalue weighted by Crippen LogP contribution is -1.95. The molecule has 0 aliphatic rings. The van der Waals surface area contributed by atoms with E-state index in [0.717, 1.165) is 10.6 Å². The molecule has 0 saturated carbocycles. The first-order valence-corrected chi connectivity index (χ1v) is 6.92. The molecule has 0 atom stereocenters. The minimum absolute atomic E-state index is 0.208. The summed E-state index contributed by atoms with van der Waals surface area (Å²) in [5.74, 6) is 1.16. The van der Waals surface area contributed by atoms with Gasteiger partial charge in [0.2, 0.25) is 5.88 Å². The van der Waals surface area contributed by atoms with Crippen molar-refractivity contribution in [3.05, 3.63) is 47.1 Å². The Balaban J connectivity index is 2.28. The highest BCUT2D eigenvalue weighted by molar-refractivity contribution is 7.98. The van der Waals surface area contributed by atoms with Gasteiger partial charge >= 0.3 is 0 Å². The Hall–Kier alpha value is -1.23. The first-order chi connectivity index (χ1) is 8.74. The predicted molar refractivity (Wildman–Crippen MR) is 73.5 cm³/mol. The minimum Gasteiger partial charge on any atom is -0.438 e. The second kappa shape index (κ2) is 6.09. The van der Waals surface area contributed by atoms with Crippen LogP contribution in [0.5, 0.6) is 11.6 Å². The molecule has 1 N–H and O–H groups in total. The summed E-state index contributed by atoms with van der Waals surface area (Å²) in [5, 5.41) is 9.54. The summed E-state index contributed by atoms with van der Waals surface area (Å²) in [4.78, 5) is 5.18. The number of halogens is 1. The van der Waals surface area contributed by atoms with Gasteiger partial charge in [0.25, 0.3) is 0 Å². The summed E-state index contributed by atoms with van der Waals surface area (Å²) in [6, 6.07) is 11.0. The molecule has 0 spiro atoms. The van der Waals surface area contributed by atoms with Crippen LogP contribution >= 0.6 is 23.4 Å². The number of aromatic nitrogens is 1. The van der Waals surface area contributed by atoms with Crippen molar-refractivity contribution in [2.24, 2.45) is 0 Å². The highest BCUT2D eigenvalue weighted by Gasteiger charge is 2.07. The summed E-state index contributed by atoms with van der Waals surface area (Å²) in [7, 11) is 0. The fourth-order valence-electron chi connectivity index (χ4n) is 1.45. The Kier molecular flexibility index (Phi) is 4.47. The summed E-state index contributed by atoms with van der Waals surface area (Å²) in [6.07, 6.45) is 1.98. The fourth-order valence-corrected chi connectivity index (χ4v) is 2.14. The van der Waals surface area contributed by atoms with Crippen LogP contribution in [0.3, 0.4) is 0 Å². The Bertz CT molecular complexity index is 548. The molecule has 0 saturated heterocycles. The topological polar surface area (TPSA) is 42.4 Å². The second-order valence-electron chi connectivity index (χ2n) is 3.49. The van der Waals surface area contributed by atoms with E-state index in [1.54, 1.807) is 23.9 Å². The highest BCUT2D eigenvalue weighted by Crippen LogP contribution is 2.31. The van der Waals surface area contributed by atoms with E-state index in [1.807, 2.05) is 30.5 Å². The zero-order chi connectivity index (χ0) is 13.0. The predicted octanol–water partition coefficient (Wildman–Crippen LogP) is 3.74. The number of rotatable bonds is 4. The van der Waals surface area contributed by atoms with Gasteiger partial charge in [-0.2, -0.15) is 0 Å². The number of aliphatic hydroxyl groups is 1. The summed E-state index contributed by atoms with van der Waals surface area (Å²) < 4.78 is 5.70. The van der Waals surface area contributed by atoms with Crippen molar-refractivity contribution >= 4 is 23.4 Å². The molecule has 5 heteroatoms. The van der Waals surface area contributed by atoms with Gasteiger partial charge in [-0.3, -0.25) is 0 Å². The number of thioether (sulfide) groups is 1. The van der Waals surface area contributed by atoms with Gasteiger partial charge in [-0.25, -0.2) is 4.98 Å². The minimum atomic E-state index is -0.208. The standard InChI is InChI=1S/C13H12ClNO2S/c1-18-12-5-3-2-4-11(12)17-13-7-6-9(14)10(8-16)15-13/h2-7,16H,8H2,1H3. The molecular formula is C13H12ClNO2S. The summed E-state index contributed by atoms with van der Waals surface area (Å²) in [6.45, 7) is -0.208. The molecule has 2 rings (SSSR count). The van der Waals surface area contributed by atoms with E-state index in [0.29, 0.717) is 16.6 Å². The van der Waals surface area contributed by atoms with Crippen molar-refractivity contribution in [1.29, 1.82) is 0 Å². The number of hydrogen-bond acceptors (Lipinski definition) is 4. The monoisotopic (exact) mass is 281 g/mol. The molecule has 1 aromatic carbocycles. The van der Waals surface area contributed by atoms with E-state index in [2.05, 4.69) is 4.98 Å². The Morgan fingerprint density at radius 2 is 2.06 bits per heavy atom. The SMILES string of the molecule is CSc1ccccc1Oc1ccc(Cl)c(CO)n1. The maximum atomic E-state index is 9.10. The number of nitrogens with zero attached hydrogens (tertiary/aromatic N) is 1. The Morgan fingerprint density at radius 3 is 2.78 bits per heavy atom. The van der Waals surface area contributed by atoms with Crippen molar-refractivity contribution in [1.82, 2.24) is 4.98 Å². The number of benzene rings is 1. The van der Waals surface area contributed by atoms with Crippen LogP contribution in [0.4, 0.5) is 0 Å². The molecule has 3 nitrogen and oxygen atoms in total. The molecule has 0 aliphatic heterocycles. The van der Waals surface area contributed by atoms with Crippen molar-refractivity contribution in [2.45, 2.75) is 11.5 Å². The maximum Gasteiger partial charge on any atom is 0.219 e. The molecule has 0 unspecified atom stereocenters. The number of hydrogen-bond donors (Lipinski definition) is 1. The van der Waals surface area contributed by atoms with Crippen LogP contribution in [-0.2, 0) is 6.61 Å². The van der Waals surface area contributed by atoms with Crippen LogP contribution in [0.15, 0.2) is 41.3 Å². The molecule has 2 aromatic rings. The van der Waals surface area contributed by atoms with Gasteiger partial charge in [0.1, 0.15) is 5.75 Å². The average molecular weight is 282 g/mol. The number of pyridine rings is 1. The highest BCUT2D eigenvalue weighted by atomic mass is 35.5. The average Bonchev–Trinajstić information content (AvgIpc) is 2.41. The normalized spacial score (nSPS) is 10.4. The summed E-state index contributed by atoms with van der Waals surface area (Å²) in [5.41, 5.74) is 0.413. The molecule has 18 heavy (non-hydrogen) atoms. The van der Waals surface area contributed by atoms with Gasteiger partial charge < -0.3 is 9.84 Å². The van der Waals surface area contributed by atoms with Crippen molar-refractivity contribution in [3.63, 3.8) is 0 Å². The first kappa shape index (κ1) is 13.2. The molecule has 1 heterocycles. The van der Waals surface area contributed by atoms with Crippen LogP contribution in [0.1, 0.15) is 5.69 Å². The lowest BCUT2D eigenvalue weighted by atomic mass is 10.3. The Morgan fingerprint density at radius 1 is 1.28 bits per heavy atom. The first-order valence-electron chi connectivity index (χ1n) is 5.31. The quantitative estimate of drug-likeness (QED) is 0.867. The van der Waals surface area contributed by atoms with E-state index < -0.39 is 0 Å². The van der Waals surface area contributed by atoms with E-state index in [-0.39, 0.29) is 6.61 Å². The van der Waals surface area contributed by atoms with Gasteiger partial charge in [-0.1, -0.05) is 23.7 Å². The third-order valence-corrected chi connectivity index (χ3v) is 3.45. The number of para-hydroxylation sites is 1. The number of aliphatic hydroxyl groups excluding tert-OH is 1. The van der Waals surface area contributed by atoms with Gasteiger partial charge in [0.15, 0.2) is 0 Å². The molecule has 0 radical (unpaired) electrons. The van der Waals surface area contributed by atoms with E-state index in [1.165, 1.54) is 0 Å². The van der Waals surface area contributed by atoms with E-state index in [4.69, 9.17) is 21.4 Å². The largest absolute Gasteiger partial charge is 0.438 e. The van der Waals surface area contributed by atoms with Crippen LogP contribution in [0, 0.1) is 0 Å². The van der Waals surface area contributed by atoms with E-state index >= 15 is 0 Å². The molecule has 94 valence electrons. The van der Waals surface area contributed by atoms with Gasteiger partial charge in [-0.15, -0.1) is 11.8 Å². The van der Waals surface area contributed by atoms with Gasteiger partial charge in [0, 0.05) is 11.0 Å². The Labute approximate surface area is 115 Å². The van der Waals surface area contributed by atoms with Crippen LogP contribution < -0.4 is 4.74 Å². The molecule has 0 fully saturated rings. The zero-order valence-corrected chi connectivity index (χ0v) is 11.3. The lowest BCUT2D eigenvalue weighted by Gasteiger charge is -2.09. The maximum absolute atomic E-state index is 9.10. The van der Waals surface area contributed by atoms with Gasteiger partial charge in [0.05, 0.1) is 17.3 Å². The van der Waals surface area contributed by atoms with Crippen molar-refractivity contribution in [2.75, 3.05) is 6.26 Å². The van der Waals surface area contributed by atoms with Crippen LogP contribution in [0.25, 0.3) is 0 Å². The lowest BCUT2D eigenvalue weighted by molar-refractivity contribution is 0.275. The van der Waals surface area contributed by atoms with Crippen LogP contribution in [-0.4, -0.2) is 16.3 Å². The molecule has 0 aliphatic carbocycles. The third-order valence-electron chi connectivity index (χ3n) is 2.33. The molecule has 0 amide bonds. The summed E-state index contributed by atoms with van der Waals surface area (Å²) >= 11 is 7.48.